The second-order valence-corrected chi connectivity index (χ2v) is 5.47. The first kappa shape index (κ1) is 16.5. The number of aryl methyl sites for hydroxylation is 1. The molecule has 0 aliphatic rings. The molecule has 0 aliphatic heterocycles. The van der Waals surface area contributed by atoms with E-state index in [1.165, 1.54) is 0 Å². The SMILES string of the molecule is CCOC(=O)Nc1cccc(C(=O)Nc2ccc(C)c3cn[nH]c23)c1. The highest BCUT2D eigenvalue weighted by molar-refractivity contribution is 6.09. The summed E-state index contributed by atoms with van der Waals surface area (Å²) in [5.74, 6) is -0.285. The monoisotopic (exact) mass is 338 g/mol. The number of hydrogen-bond acceptors (Lipinski definition) is 4. The van der Waals surface area contributed by atoms with Crippen LogP contribution in [0.25, 0.3) is 10.9 Å². The summed E-state index contributed by atoms with van der Waals surface area (Å²) >= 11 is 0. The summed E-state index contributed by atoms with van der Waals surface area (Å²) in [6, 6.07) is 10.4. The second kappa shape index (κ2) is 7.04. The van der Waals surface area contributed by atoms with Gasteiger partial charge in [0.25, 0.3) is 5.91 Å². The van der Waals surface area contributed by atoms with Gasteiger partial charge in [-0.2, -0.15) is 5.10 Å². The first-order valence-corrected chi connectivity index (χ1v) is 7.86. The van der Waals surface area contributed by atoms with Gasteiger partial charge in [0.05, 0.1) is 24.0 Å². The molecule has 3 aromatic rings. The summed E-state index contributed by atoms with van der Waals surface area (Å²) in [4.78, 5) is 24.0. The molecule has 0 bridgehead atoms. The molecule has 0 atom stereocenters. The second-order valence-electron chi connectivity index (χ2n) is 5.47. The molecule has 1 aromatic heterocycles. The van der Waals surface area contributed by atoms with Crippen LogP contribution in [0.5, 0.6) is 0 Å². The molecule has 0 radical (unpaired) electrons. The summed E-state index contributed by atoms with van der Waals surface area (Å²) < 4.78 is 4.83. The van der Waals surface area contributed by atoms with Crippen LogP contribution in [0.15, 0.2) is 42.6 Å². The fourth-order valence-corrected chi connectivity index (χ4v) is 2.49. The lowest BCUT2D eigenvalue weighted by Crippen LogP contribution is -2.15. The zero-order valence-corrected chi connectivity index (χ0v) is 13.9. The van der Waals surface area contributed by atoms with Crippen LogP contribution in [-0.4, -0.2) is 28.8 Å². The number of nitrogens with zero attached hydrogens (tertiary/aromatic N) is 1. The van der Waals surface area contributed by atoms with E-state index in [1.54, 1.807) is 37.4 Å². The quantitative estimate of drug-likeness (QED) is 0.676. The van der Waals surface area contributed by atoms with Crippen LogP contribution in [0.1, 0.15) is 22.8 Å². The number of ether oxygens (including phenoxy) is 1. The molecular weight excluding hydrogens is 320 g/mol. The van der Waals surface area contributed by atoms with Gasteiger partial charge in [0.15, 0.2) is 0 Å². The predicted molar refractivity (Wildman–Crippen MR) is 95.9 cm³/mol. The third-order valence-corrected chi connectivity index (χ3v) is 3.73. The summed E-state index contributed by atoms with van der Waals surface area (Å²) in [6.07, 6.45) is 1.17. The van der Waals surface area contributed by atoms with E-state index in [4.69, 9.17) is 4.74 Å². The number of rotatable bonds is 4. The van der Waals surface area contributed by atoms with E-state index < -0.39 is 6.09 Å². The highest BCUT2D eigenvalue weighted by Crippen LogP contribution is 2.24. The number of aromatic amines is 1. The van der Waals surface area contributed by atoms with Crippen molar-refractivity contribution in [1.29, 1.82) is 0 Å². The maximum Gasteiger partial charge on any atom is 0.411 e. The Hall–Kier alpha value is -3.35. The van der Waals surface area contributed by atoms with Crippen molar-refractivity contribution in [3.63, 3.8) is 0 Å². The maximum atomic E-state index is 12.5. The number of carbonyl (C=O) groups is 2. The topological polar surface area (TPSA) is 96.1 Å². The fraction of sp³-hybridized carbons (Fsp3) is 0.167. The van der Waals surface area contributed by atoms with Gasteiger partial charge < -0.3 is 10.1 Å². The number of H-pyrrole nitrogens is 1. The van der Waals surface area contributed by atoms with Crippen molar-refractivity contribution in [2.45, 2.75) is 13.8 Å². The molecule has 3 N–H and O–H groups in total. The molecule has 0 saturated carbocycles. The molecule has 1 heterocycles. The Morgan fingerprint density at radius 3 is 2.84 bits per heavy atom. The van der Waals surface area contributed by atoms with Crippen molar-refractivity contribution in [3.05, 3.63) is 53.7 Å². The van der Waals surface area contributed by atoms with Gasteiger partial charge in [-0.1, -0.05) is 12.1 Å². The van der Waals surface area contributed by atoms with E-state index in [2.05, 4.69) is 20.8 Å². The zero-order chi connectivity index (χ0) is 17.8. The minimum absolute atomic E-state index is 0.277. The molecule has 7 nitrogen and oxygen atoms in total. The van der Waals surface area contributed by atoms with E-state index >= 15 is 0 Å². The number of amides is 2. The third kappa shape index (κ3) is 3.60. The number of anilines is 2. The molecule has 0 fully saturated rings. The van der Waals surface area contributed by atoms with Gasteiger partial charge in [0.1, 0.15) is 0 Å². The minimum Gasteiger partial charge on any atom is -0.450 e. The van der Waals surface area contributed by atoms with Gasteiger partial charge in [-0.3, -0.25) is 15.2 Å². The summed E-state index contributed by atoms with van der Waals surface area (Å²) in [5.41, 5.74) is 3.40. The highest BCUT2D eigenvalue weighted by atomic mass is 16.5. The molecule has 2 amide bonds. The zero-order valence-electron chi connectivity index (χ0n) is 13.9. The largest absolute Gasteiger partial charge is 0.450 e. The number of carbonyl (C=O) groups excluding carboxylic acids is 2. The van der Waals surface area contributed by atoms with E-state index in [0.29, 0.717) is 16.9 Å². The van der Waals surface area contributed by atoms with Gasteiger partial charge in [0, 0.05) is 16.6 Å². The van der Waals surface area contributed by atoms with Gasteiger partial charge in [0.2, 0.25) is 0 Å². The Morgan fingerprint density at radius 1 is 1.20 bits per heavy atom. The third-order valence-electron chi connectivity index (χ3n) is 3.73. The van der Waals surface area contributed by atoms with Gasteiger partial charge in [-0.15, -0.1) is 0 Å². The average Bonchev–Trinajstić information content (AvgIpc) is 3.08. The van der Waals surface area contributed by atoms with Crippen LogP contribution in [-0.2, 0) is 4.74 Å². The number of benzene rings is 2. The normalized spacial score (nSPS) is 10.5. The standard InChI is InChI=1S/C18H18N4O3/c1-3-25-18(24)20-13-6-4-5-12(9-13)17(23)21-15-8-7-11(2)14-10-19-22-16(14)15/h4-10H,3H2,1-2H3,(H,19,22)(H,20,24)(H,21,23). The molecule has 2 aromatic carbocycles. The van der Waals surface area contributed by atoms with Crippen LogP contribution in [0.2, 0.25) is 0 Å². The number of fused-ring (bicyclic) bond motifs is 1. The number of hydrogen-bond donors (Lipinski definition) is 3. The molecule has 0 aliphatic carbocycles. The van der Waals surface area contributed by atoms with Crippen molar-refractivity contribution in [2.24, 2.45) is 0 Å². The molecule has 0 saturated heterocycles. The Bertz CT molecular complexity index is 933. The average molecular weight is 338 g/mol. The van der Waals surface area contributed by atoms with Crippen molar-refractivity contribution in [1.82, 2.24) is 10.2 Å². The summed E-state index contributed by atoms with van der Waals surface area (Å²) in [7, 11) is 0. The molecule has 7 heteroatoms. The molecule has 25 heavy (non-hydrogen) atoms. The van der Waals surface area contributed by atoms with Crippen LogP contribution in [0, 0.1) is 6.92 Å². The molecular formula is C18H18N4O3. The first-order chi connectivity index (χ1) is 12.1. The lowest BCUT2D eigenvalue weighted by molar-refractivity contribution is 0.102. The Kier molecular flexibility index (Phi) is 4.65. The summed E-state index contributed by atoms with van der Waals surface area (Å²) in [6.45, 7) is 3.98. The predicted octanol–water partition coefficient (Wildman–Crippen LogP) is 3.69. The van der Waals surface area contributed by atoms with Crippen molar-refractivity contribution >= 4 is 34.3 Å². The lowest BCUT2D eigenvalue weighted by Gasteiger charge is -2.09. The van der Waals surface area contributed by atoms with E-state index in [1.807, 2.05) is 19.1 Å². The van der Waals surface area contributed by atoms with E-state index in [9.17, 15) is 9.59 Å². The number of aromatic nitrogens is 2. The molecule has 128 valence electrons. The van der Waals surface area contributed by atoms with E-state index in [0.717, 1.165) is 16.5 Å². The van der Waals surface area contributed by atoms with Crippen LogP contribution in [0.3, 0.4) is 0 Å². The van der Waals surface area contributed by atoms with Gasteiger partial charge >= 0.3 is 6.09 Å². The Labute approximate surface area is 144 Å². The molecule has 0 spiro atoms. The lowest BCUT2D eigenvalue weighted by atomic mass is 10.1. The number of nitrogens with one attached hydrogen (secondary N) is 3. The Morgan fingerprint density at radius 2 is 2.04 bits per heavy atom. The van der Waals surface area contributed by atoms with Crippen molar-refractivity contribution in [3.8, 4) is 0 Å². The van der Waals surface area contributed by atoms with Crippen molar-refractivity contribution < 1.29 is 14.3 Å². The van der Waals surface area contributed by atoms with E-state index in [-0.39, 0.29) is 12.5 Å². The first-order valence-electron chi connectivity index (χ1n) is 7.86. The molecule has 0 unspecified atom stereocenters. The Balaban J connectivity index is 1.80. The molecule has 3 rings (SSSR count). The highest BCUT2D eigenvalue weighted by Gasteiger charge is 2.12. The van der Waals surface area contributed by atoms with Crippen LogP contribution >= 0.6 is 0 Å². The maximum absolute atomic E-state index is 12.5. The minimum atomic E-state index is -0.558. The van der Waals surface area contributed by atoms with Gasteiger partial charge in [-0.25, -0.2) is 4.79 Å². The smallest absolute Gasteiger partial charge is 0.411 e. The van der Waals surface area contributed by atoms with Crippen LogP contribution in [0.4, 0.5) is 16.2 Å². The van der Waals surface area contributed by atoms with Crippen molar-refractivity contribution in [2.75, 3.05) is 17.2 Å². The summed E-state index contributed by atoms with van der Waals surface area (Å²) in [5, 5.41) is 13.3. The van der Waals surface area contributed by atoms with Crippen LogP contribution < -0.4 is 10.6 Å². The van der Waals surface area contributed by atoms with Gasteiger partial charge in [-0.05, 0) is 43.7 Å². The fourth-order valence-electron chi connectivity index (χ4n) is 2.49.